The number of hydrogen-bond donors (Lipinski definition) is 0. The molecule has 0 amide bonds. The summed E-state index contributed by atoms with van der Waals surface area (Å²) in [6.07, 6.45) is 0. The molecule has 2 aliphatic heterocycles. The van der Waals surface area contributed by atoms with Crippen LogP contribution in [0.25, 0.3) is 0 Å². The highest BCUT2D eigenvalue weighted by Gasteiger charge is 2.15. The number of rotatable bonds is 0. The van der Waals surface area contributed by atoms with Crippen LogP contribution in [0.4, 0.5) is 0 Å². The van der Waals surface area contributed by atoms with Gasteiger partial charge in [0.1, 0.15) is 12.4 Å². The molecule has 2 aliphatic rings. The predicted molar refractivity (Wildman–Crippen MR) is 51.3 cm³/mol. The van der Waals surface area contributed by atoms with Gasteiger partial charge in [-0.05, 0) is 24.3 Å². The summed E-state index contributed by atoms with van der Waals surface area (Å²) in [6, 6.07) is 6.06. The highest BCUT2D eigenvalue weighted by atomic mass is 16.6. The standard InChI is InChI=1S/C11H8O4/c1-7-6-14-10(12)8-2-4-9(5-3-8)11(13)15-7/h2-5H,1,6H2. The second-order valence-corrected chi connectivity index (χ2v) is 3.08. The number of hydrogen-bond acceptors (Lipinski definition) is 4. The van der Waals surface area contributed by atoms with E-state index in [0.717, 1.165) is 0 Å². The van der Waals surface area contributed by atoms with Crippen LogP contribution in [0.1, 0.15) is 20.7 Å². The third kappa shape index (κ3) is 1.88. The van der Waals surface area contributed by atoms with Crippen LogP contribution in [0.2, 0.25) is 0 Å². The minimum atomic E-state index is -0.496. The van der Waals surface area contributed by atoms with E-state index >= 15 is 0 Å². The Kier molecular flexibility index (Phi) is 2.25. The number of benzene rings is 1. The molecule has 0 saturated carbocycles. The highest BCUT2D eigenvalue weighted by molar-refractivity contribution is 5.94. The normalized spacial score (nSPS) is 15.9. The Morgan fingerprint density at radius 3 is 2.13 bits per heavy atom. The van der Waals surface area contributed by atoms with Crippen molar-refractivity contribution in [2.45, 2.75) is 0 Å². The SMILES string of the molecule is C=C1COC(=O)c2ccc(cc2)C(=O)O1. The molecule has 0 atom stereocenters. The average molecular weight is 204 g/mol. The first-order chi connectivity index (χ1) is 7.16. The lowest BCUT2D eigenvalue weighted by Gasteiger charge is -2.11. The van der Waals surface area contributed by atoms with Crippen molar-refractivity contribution in [3.8, 4) is 0 Å². The first kappa shape index (κ1) is 9.45. The van der Waals surface area contributed by atoms with Gasteiger partial charge in [-0.25, -0.2) is 9.59 Å². The highest BCUT2D eigenvalue weighted by Crippen LogP contribution is 2.12. The average Bonchev–Trinajstić information content (AvgIpc) is 2.25. The molecule has 4 nitrogen and oxygen atoms in total. The van der Waals surface area contributed by atoms with E-state index in [1.807, 2.05) is 0 Å². The second-order valence-electron chi connectivity index (χ2n) is 3.08. The summed E-state index contributed by atoms with van der Waals surface area (Å²) in [5.41, 5.74) is 0.788. The van der Waals surface area contributed by atoms with Gasteiger partial charge in [0, 0.05) is 0 Å². The monoisotopic (exact) mass is 204 g/mol. The van der Waals surface area contributed by atoms with E-state index in [9.17, 15) is 9.59 Å². The molecule has 0 unspecified atom stereocenters. The Bertz CT molecular complexity index is 430. The van der Waals surface area contributed by atoms with Crippen LogP contribution in [0.15, 0.2) is 36.6 Å². The van der Waals surface area contributed by atoms with Gasteiger partial charge >= 0.3 is 11.9 Å². The van der Waals surface area contributed by atoms with E-state index in [1.165, 1.54) is 24.3 Å². The van der Waals surface area contributed by atoms with Gasteiger partial charge in [0.2, 0.25) is 0 Å². The number of carbonyl (C=O) groups excluding carboxylic acids is 2. The topological polar surface area (TPSA) is 52.6 Å². The zero-order valence-electron chi connectivity index (χ0n) is 7.86. The number of ether oxygens (including phenoxy) is 2. The van der Waals surface area contributed by atoms with Gasteiger partial charge in [0.05, 0.1) is 11.1 Å². The van der Waals surface area contributed by atoms with Crippen molar-refractivity contribution in [1.82, 2.24) is 0 Å². The maximum absolute atomic E-state index is 11.4. The van der Waals surface area contributed by atoms with Gasteiger partial charge in [-0.1, -0.05) is 6.58 Å². The lowest BCUT2D eigenvalue weighted by atomic mass is 10.1. The minimum Gasteiger partial charge on any atom is -0.454 e. The summed E-state index contributed by atoms with van der Waals surface area (Å²) < 4.78 is 9.69. The second kappa shape index (κ2) is 3.57. The van der Waals surface area contributed by atoms with Crippen molar-refractivity contribution < 1.29 is 19.1 Å². The van der Waals surface area contributed by atoms with Gasteiger partial charge in [-0.2, -0.15) is 0 Å². The number of esters is 2. The van der Waals surface area contributed by atoms with Crippen molar-refractivity contribution in [2.24, 2.45) is 0 Å². The first-order valence-corrected chi connectivity index (χ1v) is 4.34. The molecule has 0 fully saturated rings. The van der Waals surface area contributed by atoms with Crippen LogP contribution in [0, 0.1) is 0 Å². The Labute approximate surface area is 86.1 Å². The maximum atomic E-state index is 11.4. The molecule has 0 N–H and O–H groups in total. The maximum Gasteiger partial charge on any atom is 0.343 e. The minimum absolute atomic E-state index is 0.108. The first-order valence-electron chi connectivity index (χ1n) is 4.34. The number of fused-ring (bicyclic) bond motifs is 7. The predicted octanol–water partition coefficient (Wildman–Crippen LogP) is 1.53. The van der Waals surface area contributed by atoms with E-state index in [1.54, 1.807) is 0 Å². The zero-order valence-corrected chi connectivity index (χ0v) is 7.86. The van der Waals surface area contributed by atoms with E-state index in [4.69, 9.17) is 9.47 Å². The van der Waals surface area contributed by atoms with Gasteiger partial charge in [-0.3, -0.25) is 0 Å². The van der Waals surface area contributed by atoms with E-state index in [-0.39, 0.29) is 12.4 Å². The van der Waals surface area contributed by atoms with Gasteiger partial charge in [0.25, 0.3) is 0 Å². The molecule has 15 heavy (non-hydrogen) atoms. The van der Waals surface area contributed by atoms with Gasteiger partial charge < -0.3 is 9.47 Å². The quantitative estimate of drug-likeness (QED) is 0.601. The van der Waals surface area contributed by atoms with Crippen molar-refractivity contribution in [1.29, 1.82) is 0 Å². The summed E-state index contributed by atoms with van der Waals surface area (Å²) in [6.45, 7) is 3.36. The van der Waals surface area contributed by atoms with Crippen LogP contribution in [0.3, 0.4) is 0 Å². The molecular formula is C11H8O4. The molecule has 0 saturated heterocycles. The number of carbonyl (C=O) groups is 2. The Morgan fingerprint density at radius 2 is 1.53 bits per heavy atom. The van der Waals surface area contributed by atoms with Crippen molar-refractivity contribution in [2.75, 3.05) is 6.61 Å². The zero-order chi connectivity index (χ0) is 10.8. The van der Waals surface area contributed by atoms with E-state index < -0.39 is 11.9 Å². The Hall–Kier alpha value is -2.10. The third-order valence-corrected chi connectivity index (χ3v) is 1.96. The summed E-state index contributed by atoms with van der Waals surface area (Å²) in [7, 11) is 0. The molecule has 1 aromatic carbocycles. The fourth-order valence-corrected chi connectivity index (χ4v) is 1.19. The molecule has 3 rings (SSSR count). The molecule has 2 heterocycles. The Balaban J connectivity index is 2.43. The lowest BCUT2D eigenvalue weighted by molar-refractivity contribution is 0.0406. The van der Waals surface area contributed by atoms with Crippen LogP contribution in [-0.4, -0.2) is 18.5 Å². The smallest absolute Gasteiger partial charge is 0.343 e. The van der Waals surface area contributed by atoms with Crippen molar-refractivity contribution in [3.63, 3.8) is 0 Å². The molecule has 1 aromatic rings. The third-order valence-electron chi connectivity index (χ3n) is 1.96. The largest absolute Gasteiger partial charge is 0.454 e. The summed E-state index contributed by atoms with van der Waals surface area (Å²) in [5, 5.41) is 0. The van der Waals surface area contributed by atoms with E-state index in [0.29, 0.717) is 11.1 Å². The van der Waals surface area contributed by atoms with Crippen LogP contribution >= 0.6 is 0 Å². The Morgan fingerprint density at radius 1 is 1.00 bits per heavy atom. The van der Waals surface area contributed by atoms with Gasteiger partial charge in [-0.15, -0.1) is 0 Å². The molecule has 76 valence electrons. The van der Waals surface area contributed by atoms with Gasteiger partial charge in [0.15, 0.2) is 0 Å². The molecule has 4 heteroatoms. The molecule has 0 aromatic heterocycles. The molecule has 0 aliphatic carbocycles. The van der Waals surface area contributed by atoms with Crippen molar-refractivity contribution >= 4 is 11.9 Å². The lowest BCUT2D eigenvalue weighted by Crippen LogP contribution is -2.14. The van der Waals surface area contributed by atoms with Crippen molar-refractivity contribution in [3.05, 3.63) is 47.7 Å². The van der Waals surface area contributed by atoms with Crippen LogP contribution in [0.5, 0.6) is 0 Å². The van der Waals surface area contributed by atoms with E-state index in [2.05, 4.69) is 6.58 Å². The van der Waals surface area contributed by atoms with Crippen LogP contribution < -0.4 is 0 Å². The summed E-state index contributed by atoms with van der Waals surface area (Å²) in [4.78, 5) is 22.8. The fraction of sp³-hybridized carbons (Fsp3) is 0.0909. The molecule has 0 radical (unpaired) electrons. The van der Waals surface area contributed by atoms with Crippen LogP contribution in [-0.2, 0) is 9.47 Å². The fourth-order valence-electron chi connectivity index (χ4n) is 1.19. The summed E-state index contributed by atoms with van der Waals surface area (Å²) >= 11 is 0. The molecule has 2 bridgehead atoms. The molecule has 0 spiro atoms. The molecular weight excluding hydrogens is 196 g/mol. The summed E-state index contributed by atoms with van der Waals surface area (Å²) in [5.74, 6) is -0.832.